The van der Waals surface area contributed by atoms with Crippen LogP contribution in [0.15, 0.2) is 48.5 Å². The van der Waals surface area contributed by atoms with Crippen LogP contribution in [-0.2, 0) is 26.3 Å². The van der Waals surface area contributed by atoms with Crippen LogP contribution < -0.4 is 5.32 Å². The predicted octanol–water partition coefficient (Wildman–Crippen LogP) is 3.49. The van der Waals surface area contributed by atoms with E-state index in [9.17, 15) is 27.9 Å². The molecule has 0 radical (unpaired) electrons. The molecule has 0 saturated heterocycles. The number of amides is 1. The highest BCUT2D eigenvalue weighted by atomic mass is 19.4. The van der Waals surface area contributed by atoms with Crippen LogP contribution in [0, 0.1) is 6.92 Å². The zero-order chi connectivity index (χ0) is 20.9. The predicted molar refractivity (Wildman–Crippen MR) is 96.5 cm³/mol. The first kappa shape index (κ1) is 21.4. The highest BCUT2D eigenvalue weighted by molar-refractivity contribution is 5.93. The monoisotopic (exact) mass is 395 g/mol. The molecule has 0 aliphatic heterocycles. The van der Waals surface area contributed by atoms with Crippen LogP contribution in [0.4, 0.5) is 18.9 Å². The molecule has 0 heterocycles. The molecule has 0 spiro atoms. The van der Waals surface area contributed by atoms with Crippen LogP contribution in [0.5, 0.6) is 0 Å². The van der Waals surface area contributed by atoms with E-state index in [0.29, 0.717) is 0 Å². The SMILES string of the molecule is CCOC(=O)[C@](O)(c1ccc(NC(=O)Cc2ccccc2)c(C)c1)C(F)(F)F. The number of nitrogens with one attached hydrogen (secondary N) is 1. The Morgan fingerprint density at radius 3 is 2.29 bits per heavy atom. The van der Waals surface area contributed by atoms with Crippen LogP contribution in [0.3, 0.4) is 0 Å². The van der Waals surface area contributed by atoms with Crippen molar-refractivity contribution in [2.24, 2.45) is 0 Å². The largest absolute Gasteiger partial charge is 0.463 e. The summed E-state index contributed by atoms with van der Waals surface area (Å²) < 4.78 is 44.7. The summed E-state index contributed by atoms with van der Waals surface area (Å²) in [5.74, 6) is -2.15. The van der Waals surface area contributed by atoms with Gasteiger partial charge in [0.2, 0.25) is 5.91 Å². The maximum Gasteiger partial charge on any atom is 0.432 e. The summed E-state index contributed by atoms with van der Waals surface area (Å²) in [6, 6.07) is 12.1. The maximum atomic E-state index is 13.4. The second-order valence-corrected chi connectivity index (χ2v) is 6.17. The van der Waals surface area contributed by atoms with Gasteiger partial charge in [-0.2, -0.15) is 13.2 Å². The van der Waals surface area contributed by atoms with E-state index in [4.69, 9.17) is 0 Å². The first-order chi connectivity index (χ1) is 13.1. The smallest absolute Gasteiger partial charge is 0.432 e. The fourth-order valence-electron chi connectivity index (χ4n) is 2.64. The van der Waals surface area contributed by atoms with Gasteiger partial charge in [-0.05, 0) is 31.0 Å². The molecule has 0 saturated carbocycles. The van der Waals surface area contributed by atoms with Crippen LogP contribution in [0.2, 0.25) is 0 Å². The first-order valence-corrected chi connectivity index (χ1v) is 8.50. The number of benzene rings is 2. The van der Waals surface area contributed by atoms with Gasteiger partial charge in [-0.15, -0.1) is 0 Å². The van der Waals surface area contributed by atoms with Crippen LogP contribution in [-0.4, -0.2) is 29.8 Å². The molecule has 5 nitrogen and oxygen atoms in total. The number of carbonyl (C=O) groups is 2. The average Bonchev–Trinajstić information content (AvgIpc) is 2.62. The van der Waals surface area contributed by atoms with Gasteiger partial charge in [0, 0.05) is 11.3 Å². The summed E-state index contributed by atoms with van der Waals surface area (Å²) in [4.78, 5) is 24.0. The number of ether oxygens (including phenoxy) is 1. The summed E-state index contributed by atoms with van der Waals surface area (Å²) in [5.41, 5.74) is -3.16. The third-order valence-corrected chi connectivity index (χ3v) is 4.11. The van der Waals surface area contributed by atoms with E-state index < -0.39 is 23.3 Å². The number of rotatable bonds is 6. The molecule has 0 bridgehead atoms. The number of halogens is 3. The molecular formula is C20H20F3NO4. The van der Waals surface area contributed by atoms with Gasteiger partial charge in [-0.1, -0.05) is 42.5 Å². The van der Waals surface area contributed by atoms with Crippen molar-refractivity contribution in [1.82, 2.24) is 0 Å². The van der Waals surface area contributed by atoms with Crippen molar-refractivity contribution >= 4 is 17.6 Å². The number of aryl methyl sites for hydroxylation is 1. The molecule has 0 aliphatic carbocycles. The number of esters is 1. The molecule has 0 aromatic heterocycles. The lowest BCUT2D eigenvalue weighted by atomic mass is 9.91. The van der Waals surface area contributed by atoms with Gasteiger partial charge in [0.15, 0.2) is 0 Å². The Labute approximate surface area is 160 Å². The third-order valence-electron chi connectivity index (χ3n) is 4.11. The van der Waals surface area contributed by atoms with Gasteiger partial charge in [0.05, 0.1) is 13.0 Å². The van der Waals surface area contributed by atoms with E-state index in [1.54, 1.807) is 24.3 Å². The van der Waals surface area contributed by atoms with Crippen molar-refractivity contribution in [2.45, 2.75) is 32.0 Å². The number of anilines is 1. The molecule has 0 unspecified atom stereocenters. The van der Waals surface area contributed by atoms with Gasteiger partial charge in [0.1, 0.15) is 0 Å². The van der Waals surface area contributed by atoms with E-state index in [2.05, 4.69) is 10.1 Å². The second-order valence-electron chi connectivity index (χ2n) is 6.17. The first-order valence-electron chi connectivity index (χ1n) is 8.50. The zero-order valence-electron chi connectivity index (χ0n) is 15.3. The standard InChI is InChI=1S/C20H20F3NO4/c1-3-28-18(26)19(27,20(21,22)23)15-9-10-16(13(2)11-15)24-17(25)12-14-7-5-4-6-8-14/h4-11,27H,3,12H2,1-2H3,(H,24,25)/t19-/m1/s1. The molecule has 0 fully saturated rings. The average molecular weight is 395 g/mol. The molecule has 0 aliphatic rings. The summed E-state index contributed by atoms with van der Waals surface area (Å²) in [7, 11) is 0. The highest BCUT2D eigenvalue weighted by Crippen LogP contribution is 2.41. The van der Waals surface area contributed by atoms with Crippen molar-refractivity contribution in [3.05, 3.63) is 65.2 Å². The molecular weight excluding hydrogens is 375 g/mol. The minimum atomic E-state index is -5.27. The van der Waals surface area contributed by atoms with Gasteiger partial charge in [-0.25, -0.2) is 4.79 Å². The van der Waals surface area contributed by atoms with E-state index >= 15 is 0 Å². The summed E-state index contributed by atoms with van der Waals surface area (Å²) in [6.45, 7) is 2.48. The van der Waals surface area contributed by atoms with Crippen molar-refractivity contribution in [1.29, 1.82) is 0 Å². The molecule has 2 N–H and O–H groups in total. The summed E-state index contributed by atoms with van der Waals surface area (Å²) in [5, 5.41) is 12.7. The Hall–Kier alpha value is -2.87. The third kappa shape index (κ3) is 4.51. The molecule has 1 amide bonds. The quantitative estimate of drug-likeness (QED) is 0.735. The van der Waals surface area contributed by atoms with Crippen LogP contribution in [0.1, 0.15) is 23.6 Å². The fraction of sp³-hybridized carbons (Fsp3) is 0.300. The lowest BCUT2D eigenvalue weighted by Crippen LogP contribution is -2.50. The Kier molecular flexibility index (Phi) is 6.45. The van der Waals surface area contributed by atoms with Crippen LogP contribution >= 0.6 is 0 Å². The summed E-state index contributed by atoms with van der Waals surface area (Å²) >= 11 is 0. The van der Waals surface area contributed by atoms with E-state index in [1.165, 1.54) is 19.9 Å². The van der Waals surface area contributed by atoms with Crippen molar-refractivity contribution in [3.8, 4) is 0 Å². The Morgan fingerprint density at radius 1 is 1.11 bits per heavy atom. The van der Waals surface area contributed by atoms with Gasteiger partial charge in [-0.3, -0.25) is 4.79 Å². The van der Waals surface area contributed by atoms with E-state index in [-0.39, 0.29) is 30.2 Å². The molecule has 8 heteroatoms. The molecule has 28 heavy (non-hydrogen) atoms. The number of alkyl halides is 3. The zero-order valence-corrected chi connectivity index (χ0v) is 15.3. The van der Waals surface area contributed by atoms with Crippen LogP contribution in [0.25, 0.3) is 0 Å². The molecule has 2 rings (SSSR count). The van der Waals surface area contributed by atoms with Crippen molar-refractivity contribution in [3.63, 3.8) is 0 Å². The number of carbonyl (C=O) groups excluding carboxylic acids is 2. The summed E-state index contributed by atoms with van der Waals surface area (Å²) in [6.07, 6.45) is -5.18. The van der Waals surface area contributed by atoms with Gasteiger partial charge >= 0.3 is 12.1 Å². The molecule has 150 valence electrons. The molecule has 2 aromatic carbocycles. The number of hydrogen-bond acceptors (Lipinski definition) is 4. The Balaban J connectivity index is 2.26. The second kappa shape index (κ2) is 8.43. The fourth-order valence-corrected chi connectivity index (χ4v) is 2.64. The van der Waals surface area contributed by atoms with E-state index in [0.717, 1.165) is 17.7 Å². The van der Waals surface area contributed by atoms with Crippen molar-refractivity contribution in [2.75, 3.05) is 11.9 Å². The van der Waals surface area contributed by atoms with Gasteiger partial charge < -0.3 is 15.2 Å². The minimum Gasteiger partial charge on any atom is -0.463 e. The van der Waals surface area contributed by atoms with Gasteiger partial charge in [0.25, 0.3) is 5.60 Å². The lowest BCUT2D eigenvalue weighted by molar-refractivity contribution is -0.267. The number of aliphatic hydroxyl groups is 1. The topological polar surface area (TPSA) is 75.6 Å². The Bertz CT molecular complexity index is 852. The molecule has 2 aromatic rings. The normalized spacial score (nSPS) is 13.5. The van der Waals surface area contributed by atoms with Crippen molar-refractivity contribution < 1.29 is 32.6 Å². The molecule has 1 atom stereocenters. The number of hydrogen-bond donors (Lipinski definition) is 2. The van der Waals surface area contributed by atoms with E-state index in [1.807, 2.05) is 6.07 Å². The highest BCUT2D eigenvalue weighted by Gasteiger charge is 2.62. The Morgan fingerprint density at radius 2 is 1.75 bits per heavy atom. The maximum absolute atomic E-state index is 13.4. The minimum absolute atomic E-state index is 0.0946. The lowest BCUT2D eigenvalue weighted by Gasteiger charge is -2.29.